The van der Waals surface area contributed by atoms with Crippen molar-refractivity contribution in [1.82, 2.24) is 5.32 Å². The van der Waals surface area contributed by atoms with Crippen LogP contribution in [0.1, 0.15) is 24.8 Å². The second-order valence-electron chi connectivity index (χ2n) is 8.78. The highest BCUT2D eigenvalue weighted by Crippen LogP contribution is 2.52. The number of benzene rings is 3. The topological polar surface area (TPSA) is 98.8 Å². The van der Waals surface area contributed by atoms with Crippen molar-refractivity contribution in [3.05, 3.63) is 89.4 Å². The minimum absolute atomic E-state index is 0.114. The fraction of sp³-hybridized carbons (Fsp3) is 0.286. The van der Waals surface area contributed by atoms with Crippen LogP contribution in [0, 0.1) is 0 Å². The summed E-state index contributed by atoms with van der Waals surface area (Å²) in [4.78, 5) is 25.1. The predicted molar refractivity (Wildman–Crippen MR) is 141 cm³/mol. The Bertz CT molecular complexity index is 1340. The summed E-state index contributed by atoms with van der Waals surface area (Å²) in [5.41, 5.74) is 1.76. The Morgan fingerprint density at radius 1 is 0.946 bits per heavy atom. The van der Waals surface area contributed by atoms with E-state index in [1.165, 1.54) is 12.1 Å². The molecule has 3 aromatic carbocycles. The van der Waals surface area contributed by atoms with Crippen molar-refractivity contribution < 1.29 is 27.5 Å². The van der Waals surface area contributed by atoms with Crippen LogP contribution < -0.4 is 5.32 Å². The number of ether oxygens (including phenoxy) is 2. The van der Waals surface area contributed by atoms with Crippen molar-refractivity contribution in [2.45, 2.75) is 29.7 Å². The highest BCUT2D eigenvalue weighted by Gasteiger charge is 2.61. The van der Waals surface area contributed by atoms with E-state index >= 15 is 0 Å². The minimum Gasteiger partial charge on any atom is -0.465 e. The normalized spacial score (nSPS) is 18.7. The number of rotatable bonds is 11. The standard InChI is InChI=1S/C28H28ClNO6S/c1-2-35-27(32)28(18-25(28)22-6-4-3-5-7-22)30-19-26(31)36-16-17-37(33,34)24-14-10-21(11-15-24)20-8-12-23(29)13-9-20/h3-15,25,30H,2,16-19H2,1H3/t25-,28+/m1/s1. The zero-order chi connectivity index (χ0) is 26.5. The van der Waals surface area contributed by atoms with Crippen LogP contribution in [0.3, 0.4) is 0 Å². The second kappa shape index (κ2) is 11.5. The van der Waals surface area contributed by atoms with Crippen LogP contribution >= 0.6 is 11.6 Å². The quantitative estimate of drug-likeness (QED) is 0.359. The van der Waals surface area contributed by atoms with Gasteiger partial charge in [-0.2, -0.15) is 0 Å². The van der Waals surface area contributed by atoms with Crippen LogP contribution in [0.2, 0.25) is 5.02 Å². The fourth-order valence-corrected chi connectivity index (χ4v) is 5.48. The van der Waals surface area contributed by atoms with Crippen LogP contribution in [0.15, 0.2) is 83.8 Å². The largest absolute Gasteiger partial charge is 0.465 e. The monoisotopic (exact) mass is 541 g/mol. The summed E-state index contributed by atoms with van der Waals surface area (Å²) in [7, 11) is -3.65. The predicted octanol–water partition coefficient (Wildman–Crippen LogP) is 4.40. The van der Waals surface area contributed by atoms with E-state index in [4.69, 9.17) is 21.1 Å². The van der Waals surface area contributed by atoms with Gasteiger partial charge in [0.25, 0.3) is 0 Å². The molecule has 7 nitrogen and oxygen atoms in total. The molecular weight excluding hydrogens is 514 g/mol. The van der Waals surface area contributed by atoms with Gasteiger partial charge in [-0.25, -0.2) is 8.42 Å². The molecule has 1 aliphatic rings. The number of carbonyl (C=O) groups is 2. The third-order valence-corrected chi connectivity index (χ3v) is 8.30. The molecule has 9 heteroatoms. The Labute approximate surface area is 221 Å². The van der Waals surface area contributed by atoms with Gasteiger partial charge in [-0.15, -0.1) is 0 Å². The van der Waals surface area contributed by atoms with Crippen molar-refractivity contribution in [2.75, 3.05) is 25.5 Å². The summed E-state index contributed by atoms with van der Waals surface area (Å²) < 4.78 is 35.8. The lowest BCUT2D eigenvalue weighted by atomic mass is 10.1. The van der Waals surface area contributed by atoms with E-state index in [1.54, 1.807) is 31.2 Å². The SMILES string of the molecule is CCOC(=O)[C@]1(NCC(=O)OCCS(=O)(=O)c2ccc(-c3ccc(Cl)cc3)cc2)C[C@@H]1c1ccccc1. The Kier molecular flexibility index (Phi) is 8.32. The maximum atomic E-state index is 12.7. The van der Waals surface area contributed by atoms with Gasteiger partial charge >= 0.3 is 11.9 Å². The molecule has 0 spiro atoms. The molecule has 0 bridgehead atoms. The van der Waals surface area contributed by atoms with Gasteiger partial charge in [0.1, 0.15) is 12.1 Å². The van der Waals surface area contributed by atoms with Gasteiger partial charge in [-0.3, -0.25) is 14.9 Å². The van der Waals surface area contributed by atoms with E-state index in [2.05, 4.69) is 5.32 Å². The Morgan fingerprint density at radius 2 is 1.57 bits per heavy atom. The average Bonchev–Trinajstić information content (AvgIpc) is 3.65. The highest BCUT2D eigenvalue weighted by molar-refractivity contribution is 7.91. The van der Waals surface area contributed by atoms with E-state index in [0.717, 1.165) is 16.7 Å². The van der Waals surface area contributed by atoms with Crippen LogP contribution in [0.4, 0.5) is 0 Å². The molecule has 4 rings (SSSR count). The molecule has 0 unspecified atom stereocenters. The van der Waals surface area contributed by atoms with Crippen LogP contribution in [-0.4, -0.2) is 51.4 Å². The van der Waals surface area contributed by atoms with Crippen LogP contribution in [-0.2, 0) is 28.9 Å². The molecule has 0 aliphatic heterocycles. The molecule has 37 heavy (non-hydrogen) atoms. The van der Waals surface area contributed by atoms with E-state index in [1.807, 2.05) is 42.5 Å². The molecule has 0 amide bonds. The average molecular weight is 542 g/mol. The molecule has 0 radical (unpaired) electrons. The Morgan fingerprint density at radius 3 is 2.19 bits per heavy atom. The van der Waals surface area contributed by atoms with Crippen LogP contribution in [0.5, 0.6) is 0 Å². The number of nitrogens with one attached hydrogen (secondary N) is 1. The first kappa shape index (κ1) is 26.9. The van der Waals surface area contributed by atoms with Crippen molar-refractivity contribution in [2.24, 2.45) is 0 Å². The molecular formula is C28H28ClNO6S. The molecule has 0 saturated heterocycles. The summed E-state index contributed by atoms with van der Waals surface area (Å²) in [6.07, 6.45) is 0.503. The van der Waals surface area contributed by atoms with Gasteiger partial charge in [-0.05, 0) is 54.3 Å². The smallest absolute Gasteiger partial charge is 0.327 e. The van der Waals surface area contributed by atoms with Crippen molar-refractivity contribution in [3.63, 3.8) is 0 Å². The summed E-state index contributed by atoms with van der Waals surface area (Å²) in [6, 6.07) is 23.3. The fourth-order valence-electron chi connectivity index (χ4n) is 4.26. The summed E-state index contributed by atoms with van der Waals surface area (Å²) in [5.74, 6) is -1.52. The molecule has 3 aromatic rings. The minimum atomic E-state index is -3.65. The maximum absolute atomic E-state index is 12.7. The second-order valence-corrected chi connectivity index (χ2v) is 11.3. The first-order valence-corrected chi connectivity index (χ1v) is 14.0. The van der Waals surface area contributed by atoms with Gasteiger partial charge in [0.2, 0.25) is 0 Å². The first-order chi connectivity index (χ1) is 17.7. The molecule has 0 aromatic heterocycles. The third-order valence-electron chi connectivity index (χ3n) is 6.36. The molecule has 1 N–H and O–H groups in total. The van der Waals surface area contributed by atoms with Gasteiger partial charge in [0, 0.05) is 10.9 Å². The Hall–Kier alpha value is -3.20. The first-order valence-electron chi connectivity index (χ1n) is 12.0. The van der Waals surface area contributed by atoms with Gasteiger partial charge in [0.15, 0.2) is 9.84 Å². The molecule has 0 heterocycles. The van der Waals surface area contributed by atoms with Crippen LogP contribution in [0.25, 0.3) is 11.1 Å². The lowest BCUT2D eigenvalue weighted by Gasteiger charge is -2.18. The highest BCUT2D eigenvalue weighted by atomic mass is 35.5. The van der Waals surface area contributed by atoms with E-state index in [-0.39, 0.29) is 36.3 Å². The maximum Gasteiger partial charge on any atom is 0.327 e. The van der Waals surface area contributed by atoms with Gasteiger partial charge in [0.05, 0.1) is 23.8 Å². The van der Waals surface area contributed by atoms with E-state index < -0.39 is 27.3 Å². The molecule has 2 atom stereocenters. The van der Waals surface area contributed by atoms with Crippen molar-refractivity contribution in [3.8, 4) is 11.1 Å². The third kappa shape index (κ3) is 6.39. The number of halogens is 1. The number of hydrogen-bond donors (Lipinski definition) is 1. The lowest BCUT2D eigenvalue weighted by Crippen LogP contribution is -2.45. The van der Waals surface area contributed by atoms with Crippen molar-refractivity contribution >= 4 is 33.4 Å². The van der Waals surface area contributed by atoms with E-state index in [9.17, 15) is 18.0 Å². The molecule has 1 fully saturated rings. The number of sulfone groups is 1. The number of esters is 2. The Balaban J connectivity index is 1.29. The van der Waals surface area contributed by atoms with Crippen molar-refractivity contribution in [1.29, 1.82) is 0 Å². The zero-order valence-electron chi connectivity index (χ0n) is 20.4. The summed E-state index contributed by atoms with van der Waals surface area (Å²) >= 11 is 5.92. The molecule has 1 aliphatic carbocycles. The number of carbonyl (C=O) groups excluding carboxylic acids is 2. The van der Waals surface area contributed by atoms with E-state index in [0.29, 0.717) is 11.4 Å². The van der Waals surface area contributed by atoms with Gasteiger partial charge in [-0.1, -0.05) is 66.2 Å². The summed E-state index contributed by atoms with van der Waals surface area (Å²) in [5, 5.41) is 3.62. The molecule has 1 saturated carbocycles. The number of hydrogen-bond acceptors (Lipinski definition) is 7. The van der Waals surface area contributed by atoms with Gasteiger partial charge < -0.3 is 9.47 Å². The zero-order valence-corrected chi connectivity index (χ0v) is 21.9. The molecule has 194 valence electrons. The summed E-state index contributed by atoms with van der Waals surface area (Å²) in [6.45, 7) is 1.42. The lowest BCUT2D eigenvalue weighted by molar-refractivity contribution is -0.148.